The fourth-order valence-electron chi connectivity index (χ4n) is 2.71. The summed E-state index contributed by atoms with van der Waals surface area (Å²) in [5.41, 5.74) is 1.91. The van der Waals surface area contributed by atoms with Crippen molar-refractivity contribution < 1.29 is 14.6 Å². The highest BCUT2D eigenvalue weighted by Crippen LogP contribution is 2.19. The minimum absolute atomic E-state index is 0.0337. The summed E-state index contributed by atoms with van der Waals surface area (Å²) in [6, 6.07) is 17.2. The van der Waals surface area contributed by atoms with E-state index in [2.05, 4.69) is 0 Å². The lowest BCUT2D eigenvalue weighted by molar-refractivity contribution is -0.134. The Morgan fingerprint density at radius 1 is 1.12 bits per heavy atom. The number of benzene rings is 2. The molecule has 2 aromatic rings. The molecule has 0 bridgehead atoms. The molecule has 0 fully saturated rings. The molecule has 0 aliphatic heterocycles. The summed E-state index contributed by atoms with van der Waals surface area (Å²) in [5.74, 6) is 0.652. The van der Waals surface area contributed by atoms with Gasteiger partial charge in [-0.15, -0.1) is 0 Å². The summed E-state index contributed by atoms with van der Waals surface area (Å²) in [7, 11) is 3.34. The molecule has 0 saturated carbocycles. The number of aliphatic hydroxyl groups excluding tert-OH is 1. The third-order valence-electron chi connectivity index (χ3n) is 4.13. The van der Waals surface area contributed by atoms with Gasteiger partial charge >= 0.3 is 0 Å². The Morgan fingerprint density at radius 3 is 2.33 bits per heavy atom. The van der Waals surface area contributed by atoms with Crippen LogP contribution in [0, 0.1) is 5.92 Å². The molecule has 1 N–H and O–H groups in total. The van der Waals surface area contributed by atoms with Crippen molar-refractivity contribution in [2.75, 3.05) is 20.7 Å². The van der Waals surface area contributed by atoms with Crippen LogP contribution in [0.15, 0.2) is 54.6 Å². The highest BCUT2D eigenvalue weighted by atomic mass is 16.5. The van der Waals surface area contributed by atoms with Crippen LogP contribution in [-0.4, -0.2) is 36.6 Å². The molecule has 24 heavy (non-hydrogen) atoms. The van der Waals surface area contributed by atoms with E-state index in [0.717, 1.165) is 16.9 Å². The number of hydrogen-bond acceptors (Lipinski definition) is 3. The molecule has 2 rings (SSSR count). The van der Waals surface area contributed by atoms with E-state index in [0.29, 0.717) is 6.42 Å². The van der Waals surface area contributed by atoms with Gasteiger partial charge < -0.3 is 14.7 Å². The van der Waals surface area contributed by atoms with E-state index in [9.17, 15) is 9.90 Å². The zero-order chi connectivity index (χ0) is 17.5. The first-order valence-electron chi connectivity index (χ1n) is 8.12. The Morgan fingerprint density at radius 2 is 1.75 bits per heavy atom. The summed E-state index contributed by atoms with van der Waals surface area (Å²) in [6.07, 6.45) is -0.0170. The fraction of sp³-hybridized carbons (Fsp3) is 0.350. The van der Waals surface area contributed by atoms with Crippen molar-refractivity contribution in [1.82, 2.24) is 4.90 Å². The van der Waals surface area contributed by atoms with Crippen LogP contribution in [0.3, 0.4) is 0 Å². The van der Waals surface area contributed by atoms with Crippen LogP contribution in [0.1, 0.15) is 24.2 Å². The lowest BCUT2D eigenvalue weighted by Crippen LogP contribution is -2.35. The van der Waals surface area contributed by atoms with Gasteiger partial charge in [0.15, 0.2) is 0 Å². The molecule has 4 heteroatoms. The van der Waals surface area contributed by atoms with Crippen LogP contribution < -0.4 is 4.74 Å². The first kappa shape index (κ1) is 18.0. The molecule has 0 aliphatic carbocycles. The number of likely N-dealkylation sites (N-methyl/N-ethyl adjacent to an activating group) is 1. The fourth-order valence-corrected chi connectivity index (χ4v) is 2.71. The number of aliphatic hydroxyl groups is 1. The van der Waals surface area contributed by atoms with Gasteiger partial charge in [-0.05, 0) is 29.7 Å². The molecular weight excluding hydrogens is 302 g/mol. The van der Waals surface area contributed by atoms with E-state index in [1.54, 1.807) is 31.2 Å². The van der Waals surface area contributed by atoms with Gasteiger partial charge in [0.25, 0.3) is 0 Å². The predicted molar refractivity (Wildman–Crippen MR) is 94.9 cm³/mol. The Bertz CT molecular complexity index is 640. The lowest BCUT2D eigenvalue weighted by atomic mass is 9.99. The summed E-state index contributed by atoms with van der Waals surface area (Å²) < 4.78 is 5.11. The molecule has 1 amide bonds. The van der Waals surface area contributed by atoms with Crippen molar-refractivity contribution >= 4 is 5.91 Å². The normalized spacial score (nSPS) is 13.2. The number of carbonyl (C=O) groups is 1. The van der Waals surface area contributed by atoms with Crippen LogP contribution in [0.5, 0.6) is 5.75 Å². The molecule has 128 valence electrons. The Labute approximate surface area is 143 Å². The van der Waals surface area contributed by atoms with E-state index in [1.165, 1.54) is 0 Å². The van der Waals surface area contributed by atoms with E-state index >= 15 is 0 Å². The molecule has 2 unspecified atom stereocenters. The van der Waals surface area contributed by atoms with Crippen LogP contribution in [0.25, 0.3) is 0 Å². The minimum atomic E-state index is -0.714. The number of carbonyl (C=O) groups excluding carboxylic acids is 1. The summed E-state index contributed by atoms with van der Waals surface area (Å²) in [6.45, 7) is 2.19. The van der Waals surface area contributed by atoms with Gasteiger partial charge in [0.2, 0.25) is 5.91 Å². The zero-order valence-corrected chi connectivity index (χ0v) is 14.5. The van der Waals surface area contributed by atoms with Gasteiger partial charge in [0, 0.05) is 13.0 Å². The standard InChI is InChI=1S/C20H25NO3/c1-15(13-16-7-5-4-6-8-16)20(23)21(2)14-19(22)17-9-11-18(24-3)12-10-17/h4-12,15,19,22H,13-14H2,1-3H3. The average Bonchev–Trinajstić information content (AvgIpc) is 2.61. The number of amides is 1. The van der Waals surface area contributed by atoms with Crippen LogP contribution in [0.4, 0.5) is 0 Å². The molecule has 4 nitrogen and oxygen atoms in total. The highest BCUT2D eigenvalue weighted by molar-refractivity contribution is 5.78. The van der Waals surface area contributed by atoms with Gasteiger partial charge in [-0.3, -0.25) is 4.79 Å². The molecule has 2 atom stereocenters. The number of hydrogen-bond donors (Lipinski definition) is 1. The molecule has 0 aromatic heterocycles. The third-order valence-corrected chi connectivity index (χ3v) is 4.13. The first-order valence-corrected chi connectivity index (χ1v) is 8.12. The van der Waals surface area contributed by atoms with Gasteiger partial charge in [-0.1, -0.05) is 49.4 Å². The van der Waals surface area contributed by atoms with Gasteiger partial charge in [-0.25, -0.2) is 0 Å². The number of rotatable bonds is 7. The quantitative estimate of drug-likeness (QED) is 0.850. The van der Waals surface area contributed by atoms with Crippen molar-refractivity contribution in [1.29, 1.82) is 0 Å². The van der Waals surface area contributed by atoms with Crippen LogP contribution in [0.2, 0.25) is 0 Å². The smallest absolute Gasteiger partial charge is 0.225 e. The molecule has 2 aromatic carbocycles. The third kappa shape index (κ3) is 4.83. The van der Waals surface area contributed by atoms with Crippen LogP contribution >= 0.6 is 0 Å². The topological polar surface area (TPSA) is 49.8 Å². The SMILES string of the molecule is COc1ccc(C(O)CN(C)C(=O)C(C)Cc2ccccc2)cc1. The molecule has 0 aliphatic rings. The van der Waals surface area contributed by atoms with Crippen molar-refractivity contribution in [2.45, 2.75) is 19.4 Å². The molecule has 0 saturated heterocycles. The Kier molecular flexibility index (Phi) is 6.38. The number of ether oxygens (including phenoxy) is 1. The van der Waals surface area contributed by atoms with Crippen molar-refractivity contribution in [2.24, 2.45) is 5.92 Å². The summed E-state index contributed by atoms with van der Waals surface area (Å²) in [4.78, 5) is 14.1. The molecule has 0 heterocycles. The summed E-state index contributed by atoms with van der Waals surface area (Å²) in [5, 5.41) is 10.3. The van der Waals surface area contributed by atoms with Gasteiger partial charge in [0.1, 0.15) is 5.75 Å². The van der Waals surface area contributed by atoms with E-state index < -0.39 is 6.10 Å². The highest BCUT2D eigenvalue weighted by Gasteiger charge is 2.20. The van der Waals surface area contributed by atoms with Gasteiger partial charge in [0.05, 0.1) is 19.8 Å². The Balaban J connectivity index is 1.92. The molecule has 0 spiro atoms. The average molecular weight is 327 g/mol. The molecular formula is C20H25NO3. The van der Waals surface area contributed by atoms with Gasteiger partial charge in [-0.2, -0.15) is 0 Å². The maximum absolute atomic E-state index is 12.5. The van der Waals surface area contributed by atoms with E-state index in [-0.39, 0.29) is 18.4 Å². The second-order valence-corrected chi connectivity index (χ2v) is 6.10. The first-order chi connectivity index (χ1) is 11.5. The predicted octanol–water partition coefficient (Wildman–Crippen LogP) is 3.07. The van der Waals surface area contributed by atoms with E-state index in [1.807, 2.05) is 49.4 Å². The van der Waals surface area contributed by atoms with Crippen LogP contribution in [-0.2, 0) is 11.2 Å². The van der Waals surface area contributed by atoms with Crippen molar-refractivity contribution in [3.8, 4) is 5.75 Å². The van der Waals surface area contributed by atoms with E-state index in [4.69, 9.17) is 4.74 Å². The second kappa shape index (κ2) is 8.50. The summed E-state index contributed by atoms with van der Waals surface area (Å²) >= 11 is 0. The number of methoxy groups -OCH3 is 1. The molecule has 0 radical (unpaired) electrons. The number of nitrogens with zero attached hydrogens (tertiary/aromatic N) is 1. The lowest BCUT2D eigenvalue weighted by Gasteiger charge is -2.24. The monoisotopic (exact) mass is 327 g/mol. The zero-order valence-electron chi connectivity index (χ0n) is 14.5. The maximum atomic E-state index is 12.5. The largest absolute Gasteiger partial charge is 0.497 e. The van der Waals surface area contributed by atoms with Crippen molar-refractivity contribution in [3.05, 3.63) is 65.7 Å². The van der Waals surface area contributed by atoms with Crippen molar-refractivity contribution in [3.63, 3.8) is 0 Å². The second-order valence-electron chi connectivity index (χ2n) is 6.10. The maximum Gasteiger partial charge on any atom is 0.225 e. The minimum Gasteiger partial charge on any atom is -0.497 e. The Hall–Kier alpha value is -2.33.